The molecule has 4 rings (SSSR count). The van der Waals surface area contributed by atoms with Crippen molar-refractivity contribution in [3.05, 3.63) is 76.6 Å². The van der Waals surface area contributed by atoms with E-state index in [1.54, 1.807) is 29.2 Å². The summed E-state index contributed by atoms with van der Waals surface area (Å²) < 4.78 is 1.35. The van der Waals surface area contributed by atoms with Gasteiger partial charge in [-0.2, -0.15) is 5.10 Å². The number of rotatable bonds is 3. The Morgan fingerprint density at radius 1 is 1.08 bits per heavy atom. The molecule has 6 nitrogen and oxygen atoms in total. The van der Waals surface area contributed by atoms with Gasteiger partial charge in [0.2, 0.25) is 0 Å². The molecule has 2 heterocycles. The van der Waals surface area contributed by atoms with Gasteiger partial charge in [-0.15, -0.1) is 0 Å². The molecule has 0 atom stereocenters. The third kappa shape index (κ3) is 2.55. The third-order valence-electron chi connectivity index (χ3n) is 4.37. The molecule has 0 saturated heterocycles. The van der Waals surface area contributed by atoms with Crippen molar-refractivity contribution in [1.29, 1.82) is 0 Å². The van der Waals surface area contributed by atoms with Gasteiger partial charge in [0, 0.05) is 17.8 Å². The average Bonchev–Trinajstić information content (AvgIpc) is 3.04. The van der Waals surface area contributed by atoms with Crippen molar-refractivity contribution in [3.63, 3.8) is 0 Å². The van der Waals surface area contributed by atoms with E-state index in [1.165, 1.54) is 4.68 Å². The summed E-state index contributed by atoms with van der Waals surface area (Å²) >= 11 is 6.26. The number of carboxylic acid groups (broad SMARTS) is 1. The van der Waals surface area contributed by atoms with Crippen molar-refractivity contribution in [2.24, 2.45) is 0 Å². The second-order valence-corrected chi connectivity index (χ2v) is 6.29. The lowest BCUT2D eigenvalue weighted by Crippen LogP contribution is -2.39. The summed E-state index contributed by atoms with van der Waals surface area (Å²) in [6.07, 6.45) is 0.405. The maximum absolute atomic E-state index is 13.2. The van der Waals surface area contributed by atoms with E-state index in [9.17, 15) is 14.7 Å². The van der Waals surface area contributed by atoms with Gasteiger partial charge in [-0.25, -0.2) is 9.48 Å². The maximum Gasteiger partial charge on any atom is 0.356 e. The zero-order chi connectivity index (χ0) is 18.3. The van der Waals surface area contributed by atoms with Crippen molar-refractivity contribution in [2.45, 2.75) is 6.42 Å². The molecule has 0 bridgehead atoms. The van der Waals surface area contributed by atoms with Gasteiger partial charge in [-0.1, -0.05) is 41.9 Å². The standard InChI is InChI=1S/C19H14ClN3O3/c20-14-8-4-5-9-15(14)23-17-13(16(21-23)19(25)26)10-11-22(18(17)24)12-6-2-1-3-7-12/h1-9H,10-11H2,(H,25,26). The van der Waals surface area contributed by atoms with E-state index in [1.807, 2.05) is 30.3 Å². The number of aromatic carboxylic acids is 1. The molecule has 3 aromatic rings. The molecular formula is C19H14ClN3O3. The largest absolute Gasteiger partial charge is 0.476 e. The first-order valence-electron chi connectivity index (χ1n) is 8.05. The highest BCUT2D eigenvalue weighted by molar-refractivity contribution is 6.32. The number of carbonyl (C=O) groups excluding carboxylic acids is 1. The lowest BCUT2D eigenvalue weighted by Gasteiger charge is -2.27. The Morgan fingerprint density at radius 3 is 2.46 bits per heavy atom. The van der Waals surface area contributed by atoms with Crippen LogP contribution in [0.3, 0.4) is 0 Å². The molecule has 0 fully saturated rings. The Bertz CT molecular complexity index is 1010. The van der Waals surface area contributed by atoms with Crippen LogP contribution in [0.4, 0.5) is 5.69 Å². The first-order chi connectivity index (χ1) is 12.6. The lowest BCUT2D eigenvalue weighted by molar-refractivity contribution is 0.0688. The molecule has 130 valence electrons. The molecule has 0 unspecified atom stereocenters. The van der Waals surface area contributed by atoms with Gasteiger partial charge in [0.25, 0.3) is 5.91 Å². The minimum absolute atomic E-state index is 0.110. The maximum atomic E-state index is 13.2. The van der Waals surface area contributed by atoms with Crippen molar-refractivity contribution >= 4 is 29.2 Å². The molecule has 0 spiro atoms. The van der Waals surface area contributed by atoms with Crippen LogP contribution in [0.5, 0.6) is 0 Å². The Morgan fingerprint density at radius 2 is 1.77 bits per heavy atom. The van der Waals surface area contributed by atoms with E-state index >= 15 is 0 Å². The van der Waals surface area contributed by atoms with Gasteiger partial charge in [0.1, 0.15) is 5.69 Å². The molecule has 1 aliphatic rings. The van der Waals surface area contributed by atoms with Crippen LogP contribution in [-0.4, -0.2) is 33.3 Å². The first-order valence-corrected chi connectivity index (χ1v) is 8.42. The Labute approximate surface area is 154 Å². The summed E-state index contributed by atoms with van der Waals surface area (Å²) in [5.41, 5.74) is 1.80. The Hall–Kier alpha value is -3.12. The number of anilines is 1. The number of carboxylic acids is 1. The predicted octanol–water partition coefficient (Wildman–Crippen LogP) is 3.43. The molecule has 0 radical (unpaired) electrons. The minimum Gasteiger partial charge on any atom is -0.476 e. The zero-order valence-corrected chi connectivity index (χ0v) is 14.3. The highest BCUT2D eigenvalue weighted by atomic mass is 35.5. The van der Waals surface area contributed by atoms with E-state index in [2.05, 4.69) is 5.10 Å². The Kier molecular flexibility index (Phi) is 3.97. The summed E-state index contributed by atoms with van der Waals surface area (Å²) in [4.78, 5) is 26.4. The first kappa shape index (κ1) is 16.4. The number of amides is 1. The molecule has 1 aliphatic heterocycles. The molecule has 1 N–H and O–H groups in total. The number of halogens is 1. The van der Waals surface area contributed by atoms with Gasteiger partial charge >= 0.3 is 5.97 Å². The molecule has 26 heavy (non-hydrogen) atoms. The molecule has 1 aromatic heterocycles. The summed E-state index contributed by atoms with van der Waals surface area (Å²) in [6.45, 7) is 0.393. The fraction of sp³-hybridized carbons (Fsp3) is 0.105. The normalized spacial score (nSPS) is 13.6. The number of nitrogens with zero attached hydrogens (tertiary/aromatic N) is 3. The lowest BCUT2D eigenvalue weighted by atomic mass is 10.0. The number of benzene rings is 2. The van der Waals surface area contributed by atoms with Gasteiger partial charge in [-0.05, 0) is 30.7 Å². The van der Waals surface area contributed by atoms with Gasteiger partial charge in [-0.3, -0.25) is 4.79 Å². The Balaban J connectivity index is 1.91. The van der Waals surface area contributed by atoms with E-state index in [4.69, 9.17) is 11.6 Å². The van der Waals surface area contributed by atoms with Crippen LogP contribution in [0.15, 0.2) is 54.6 Å². The smallest absolute Gasteiger partial charge is 0.356 e. The molecule has 0 saturated carbocycles. The van der Waals surface area contributed by atoms with Crippen LogP contribution < -0.4 is 4.90 Å². The highest BCUT2D eigenvalue weighted by Gasteiger charge is 2.35. The second kappa shape index (κ2) is 6.31. The fourth-order valence-corrected chi connectivity index (χ4v) is 3.40. The topological polar surface area (TPSA) is 75.4 Å². The fourth-order valence-electron chi connectivity index (χ4n) is 3.18. The van der Waals surface area contributed by atoms with Gasteiger partial charge in [0.15, 0.2) is 5.69 Å². The number of carbonyl (C=O) groups is 2. The van der Waals surface area contributed by atoms with Crippen molar-refractivity contribution in [1.82, 2.24) is 9.78 Å². The second-order valence-electron chi connectivity index (χ2n) is 5.89. The SMILES string of the molecule is O=C(O)c1nn(-c2ccccc2Cl)c2c1CCN(c1ccccc1)C2=O. The van der Waals surface area contributed by atoms with Gasteiger partial charge < -0.3 is 10.0 Å². The molecular weight excluding hydrogens is 354 g/mol. The molecule has 2 aromatic carbocycles. The quantitative estimate of drug-likeness (QED) is 0.769. The molecule has 7 heteroatoms. The van der Waals surface area contributed by atoms with Crippen LogP contribution in [0, 0.1) is 0 Å². The number of hydrogen-bond donors (Lipinski definition) is 1. The number of para-hydroxylation sites is 2. The predicted molar refractivity (Wildman–Crippen MR) is 97.4 cm³/mol. The van der Waals surface area contributed by atoms with E-state index in [0.717, 1.165) is 5.69 Å². The number of hydrogen-bond acceptors (Lipinski definition) is 3. The van der Waals surface area contributed by atoms with E-state index in [0.29, 0.717) is 29.2 Å². The number of aromatic nitrogens is 2. The van der Waals surface area contributed by atoms with Crippen molar-refractivity contribution in [3.8, 4) is 5.69 Å². The van der Waals surface area contributed by atoms with E-state index in [-0.39, 0.29) is 17.3 Å². The highest BCUT2D eigenvalue weighted by Crippen LogP contribution is 2.30. The van der Waals surface area contributed by atoms with Crippen LogP contribution in [0.2, 0.25) is 5.02 Å². The summed E-state index contributed by atoms with van der Waals surface area (Å²) in [6, 6.07) is 16.2. The van der Waals surface area contributed by atoms with Crippen molar-refractivity contribution in [2.75, 3.05) is 11.4 Å². The summed E-state index contributed by atoms with van der Waals surface area (Å²) in [5, 5.41) is 14.1. The summed E-state index contributed by atoms with van der Waals surface area (Å²) in [7, 11) is 0. The van der Waals surface area contributed by atoms with Gasteiger partial charge in [0.05, 0.1) is 10.7 Å². The zero-order valence-electron chi connectivity index (χ0n) is 13.6. The van der Waals surface area contributed by atoms with Crippen LogP contribution >= 0.6 is 11.6 Å². The van der Waals surface area contributed by atoms with Crippen LogP contribution in [0.25, 0.3) is 5.69 Å². The van der Waals surface area contributed by atoms with Crippen molar-refractivity contribution < 1.29 is 14.7 Å². The van der Waals surface area contributed by atoms with Crippen LogP contribution in [0.1, 0.15) is 26.5 Å². The third-order valence-corrected chi connectivity index (χ3v) is 4.69. The molecule has 1 amide bonds. The monoisotopic (exact) mass is 367 g/mol. The number of fused-ring (bicyclic) bond motifs is 1. The van der Waals surface area contributed by atoms with E-state index < -0.39 is 5.97 Å². The molecule has 0 aliphatic carbocycles. The van der Waals surface area contributed by atoms with Crippen LogP contribution in [-0.2, 0) is 6.42 Å². The minimum atomic E-state index is -1.16. The summed E-state index contributed by atoms with van der Waals surface area (Å²) in [5.74, 6) is -1.45. The average molecular weight is 368 g/mol.